The van der Waals surface area contributed by atoms with Gasteiger partial charge in [-0.05, 0) is 44.9 Å². The Kier molecular flexibility index (Phi) is 33.7. The lowest BCUT2D eigenvalue weighted by atomic mass is 9.85. The van der Waals surface area contributed by atoms with Crippen LogP contribution in [0.25, 0.3) is 0 Å². The van der Waals surface area contributed by atoms with Crippen molar-refractivity contribution in [3.63, 3.8) is 0 Å². The number of esters is 2. The number of hydrogen-bond donors (Lipinski definition) is 6. The average Bonchev–Trinajstić information content (AvgIpc) is 3.21. The zero-order chi connectivity index (χ0) is 43.6. The number of aliphatic hydroxyl groups excluding tert-OH is 5. The van der Waals surface area contributed by atoms with Crippen molar-refractivity contribution in [2.24, 2.45) is 0 Å². The summed E-state index contributed by atoms with van der Waals surface area (Å²) in [5.41, 5.74) is 0. The van der Waals surface area contributed by atoms with Crippen LogP contribution in [-0.2, 0) is 32.7 Å². The van der Waals surface area contributed by atoms with Crippen LogP contribution < -0.4 is 0 Å². The fraction of sp³-hybridized carbons (Fsp3) is 0.867. The third kappa shape index (κ3) is 28.5. The molecule has 0 aromatic carbocycles. The van der Waals surface area contributed by atoms with E-state index in [9.17, 15) is 44.6 Å². The Labute approximate surface area is 356 Å². The molecule has 8 atom stereocenters. The van der Waals surface area contributed by atoms with Gasteiger partial charge in [0.25, 0.3) is 0 Å². The minimum Gasteiger partial charge on any atom is -0.462 e. The SMILES string of the molecule is CCCCC/C=C\C/C=C\CCCCCCCC(=O)O[C@H](COC(=O)CCCCCCCCCCCCCCCCC)COP(=O)(O)OC1[C@H](O)[C@H](O)C(O)[C@H](O)[C@H]1O. The standard InChI is InChI=1S/C45H83O13P/c1-3-5-7-9-11-13-15-17-19-21-23-25-27-29-31-33-38(46)55-35-37(36-56-59(53,54)58-45-43(51)41(49)40(48)42(50)44(45)52)57-39(47)34-32-30-28-26-24-22-20-18-16-14-12-10-8-6-4-2/h12,14,18,20,37,40-45,48-52H,3-11,13,15-17,19,21-36H2,1-2H3,(H,53,54)/b14-12-,20-18-/t37-,40?,41-,42+,43-,44-,45?/m1/s1. The first kappa shape index (κ1) is 55.3. The topological polar surface area (TPSA) is 210 Å². The van der Waals surface area contributed by atoms with E-state index in [1.807, 2.05) is 0 Å². The first-order valence-corrected chi connectivity index (χ1v) is 24.6. The summed E-state index contributed by atoms with van der Waals surface area (Å²) in [5, 5.41) is 50.1. The number of allylic oxidation sites excluding steroid dienone is 4. The Balaban J connectivity index is 2.47. The molecule has 13 nitrogen and oxygen atoms in total. The predicted molar refractivity (Wildman–Crippen MR) is 230 cm³/mol. The second-order valence-corrected chi connectivity index (χ2v) is 17.7. The highest BCUT2D eigenvalue weighted by atomic mass is 31.2. The second kappa shape index (κ2) is 35.9. The van der Waals surface area contributed by atoms with Gasteiger partial charge < -0.3 is 39.9 Å². The number of carbonyl (C=O) groups excluding carboxylic acids is 2. The van der Waals surface area contributed by atoms with Crippen LogP contribution in [0.5, 0.6) is 0 Å². The van der Waals surface area contributed by atoms with Gasteiger partial charge in [0.1, 0.15) is 43.2 Å². The van der Waals surface area contributed by atoms with Crippen molar-refractivity contribution in [2.75, 3.05) is 13.2 Å². The molecule has 0 aromatic rings. The normalized spacial score (nSPS) is 22.5. The molecule has 0 aromatic heterocycles. The van der Waals surface area contributed by atoms with Crippen molar-refractivity contribution in [1.29, 1.82) is 0 Å². The van der Waals surface area contributed by atoms with Gasteiger partial charge in [-0.25, -0.2) is 4.57 Å². The summed E-state index contributed by atoms with van der Waals surface area (Å²) < 4.78 is 33.5. The van der Waals surface area contributed by atoms with Crippen LogP contribution in [0.3, 0.4) is 0 Å². The molecular weight excluding hydrogens is 779 g/mol. The summed E-state index contributed by atoms with van der Waals surface area (Å²) >= 11 is 0. The number of rotatable bonds is 38. The molecule has 0 spiro atoms. The molecule has 14 heteroatoms. The minimum atomic E-state index is -5.12. The molecule has 1 fully saturated rings. The molecule has 6 N–H and O–H groups in total. The Bertz CT molecular complexity index is 1130. The zero-order valence-electron chi connectivity index (χ0n) is 36.6. The van der Waals surface area contributed by atoms with Gasteiger partial charge in [0.15, 0.2) is 6.10 Å². The van der Waals surface area contributed by atoms with Crippen LogP contribution in [0.2, 0.25) is 0 Å². The Hall–Kier alpha value is -1.67. The molecule has 0 saturated heterocycles. The lowest BCUT2D eigenvalue weighted by Crippen LogP contribution is -2.64. The van der Waals surface area contributed by atoms with Crippen LogP contribution in [-0.4, -0.2) is 98.3 Å². The van der Waals surface area contributed by atoms with Crippen LogP contribution in [0, 0.1) is 0 Å². The van der Waals surface area contributed by atoms with Crippen LogP contribution >= 0.6 is 7.82 Å². The molecule has 346 valence electrons. The van der Waals surface area contributed by atoms with Gasteiger partial charge in [-0.15, -0.1) is 0 Å². The molecule has 1 rings (SSSR count). The Morgan fingerprint density at radius 2 is 0.915 bits per heavy atom. The highest BCUT2D eigenvalue weighted by molar-refractivity contribution is 7.47. The molecular formula is C45H83O13P. The lowest BCUT2D eigenvalue weighted by Gasteiger charge is -2.41. The van der Waals surface area contributed by atoms with Gasteiger partial charge in [-0.2, -0.15) is 0 Å². The van der Waals surface area contributed by atoms with Gasteiger partial charge in [-0.3, -0.25) is 18.6 Å². The van der Waals surface area contributed by atoms with E-state index in [1.54, 1.807) is 0 Å². The van der Waals surface area contributed by atoms with Gasteiger partial charge >= 0.3 is 19.8 Å². The van der Waals surface area contributed by atoms with E-state index in [4.69, 9.17) is 18.5 Å². The van der Waals surface area contributed by atoms with Gasteiger partial charge in [0.05, 0.1) is 6.61 Å². The van der Waals surface area contributed by atoms with Gasteiger partial charge in [0, 0.05) is 12.8 Å². The first-order chi connectivity index (χ1) is 28.4. The molecule has 0 radical (unpaired) electrons. The van der Waals surface area contributed by atoms with E-state index >= 15 is 0 Å². The van der Waals surface area contributed by atoms with Crippen molar-refractivity contribution in [3.05, 3.63) is 24.3 Å². The molecule has 0 aliphatic heterocycles. The van der Waals surface area contributed by atoms with Crippen LogP contribution in [0.4, 0.5) is 0 Å². The summed E-state index contributed by atoms with van der Waals surface area (Å²) in [6, 6.07) is 0. The predicted octanol–water partition coefficient (Wildman–Crippen LogP) is 8.84. The van der Waals surface area contributed by atoms with Crippen molar-refractivity contribution in [3.8, 4) is 0 Å². The Morgan fingerprint density at radius 3 is 1.41 bits per heavy atom. The smallest absolute Gasteiger partial charge is 0.462 e. The summed E-state index contributed by atoms with van der Waals surface area (Å²) in [4.78, 5) is 35.7. The molecule has 0 heterocycles. The van der Waals surface area contributed by atoms with Crippen LogP contribution in [0.15, 0.2) is 24.3 Å². The number of phosphoric acid groups is 1. The zero-order valence-corrected chi connectivity index (χ0v) is 37.4. The van der Waals surface area contributed by atoms with Crippen LogP contribution in [0.1, 0.15) is 194 Å². The first-order valence-electron chi connectivity index (χ1n) is 23.1. The summed E-state index contributed by atoms with van der Waals surface area (Å²) in [7, 11) is -5.12. The number of phosphoric ester groups is 1. The van der Waals surface area contributed by atoms with E-state index in [1.165, 1.54) is 89.9 Å². The number of aliphatic hydroxyl groups is 5. The molecule has 1 saturated carbocycles. The van der Waals surface area contributed by atoms with E-state index < -0.39 is 75.7 Å². The number of unbranched alkanes of at least 4 members (excludes halogenated alkanes) is 22. The maximum absolute atomic E-state index is 12.8. The fourth-order valence-electron chi connectivity index (χ4n) is 7.02. The van der Waals surface area contributed by atoms with E-state index in [-0.39, 0.29) is 12.8 Å². The maximum Gasteiger partial charge on any atom is 0.472 e. The van der Waals surface area contributed by atoms with Crippen molar-refractivity contribution in [1.82, 2.24) is 0 Å². The third-order valence-electron chi connectivity index (χ3n) is 10.8. The van der Waals surface area contributed by atoms with Gasteiger partial charge in [0.2, 0.25) is 0 Å². The summed E-state index contributed by atoms with van der Waals surface area (Å²) in [6.07, 6.45) is 25.1. The summed E-state index contributed by atoms with van der Waals surface area (Å²) in [5.74, 6) is -1.11. The highest BCUT2D eigenvalue weighted by Gasteiger charge is 2.51. The molecule has 1 aliphatic rings. The van der Waals surface area contributed by atoms with E-state index in [0.29, 0.717) is 12.8 Å². The molecule has 3 unspecified atom stereocenters. The number of hydrogen-bond acceptors (Lipinski definition) is 12. The maximum atomic E-state index is 12.8. The molecule has 0 bridgehead atoms. The average molecular weight is 863 g/mol. The summed E-state index contributed by atoms with van der Waals surface area (Å²) in [6.45, 7) is 3.27. The molecule has 59 heavy (non-hydrogen) atoms. The van der Waals surface area contributed by atoms with Crippen molar-refractivity contribution in [2.45, 2.75) is 236 Å². The monoisotopic (exact) mass is 863 g/mol. The lowest BCUT2D eigenvalue weighted by molar-refractivity contribution is -0.220. The van der Waals surface area contributed by atoms with Crippen molar-refractivity contribution >= 4 is 19.8 Å². The molecule has 0 amide bonds. The fourth-order valence-corrected chi connectivity index (χ4v) is 8.00. The minimum absolute atomic E-state index is 0.0832. The number of ether oxygens (including phenoxy) is 2. The number of carbonyl (C=O) groups is 2. The third-order valence-corrected chi connectivity index (χ3v) is 11.8. The quantitative estimate of drug-likeness (QED) is 0.0149. The van der Waals surface area contributed by atoms with Gasteiger partial charge in [-0.1, -0.05) is 160 Å². The van der Waals surface area contributed by atoms with E-state index in [0.717, 1.165) is 64.2 Å². The highest BCUT2D eigenvalue weighted by Crippen LogP contribution is 2.47. The molecule has 1 aliphatic carbocycles. The largest absolute Gasteiger partial charge is 0.472 e. The Morgan fingerprint density at radius 1 is 0.525 bits per heavy atom. The van der Waals surface area contributed by atoms with Crippen molar-refractivity contribution < 1.29 is 63.1 Å². The van der Waals surface area contributed by atoms with E-state index in [2.05, 4.69) is 38.2 Å². The second-order valence-electron chi connectivity index (χ2n) is 16.3.